The van der Waals surface area contributed by atoms with Gasteiger partial charge in [-0.1, -0.05) is 295 Å². The second kappa shape index (κ2) is 31.1. The topological polar surface area (TPSA) is 77.2 Å². The standard InChI is InChI=1S/C59H37N3O.C30H21N.C29H17BrN2O/c1-2-12-38(13-3-1)39-23-27-42(28-24-39)61(43-29-32-49-47-17-5-4-15-45(47)46-16-6-7-18-48(46)53(49)36-43)55-21-10-22-57-59(55)52-31-26-41(35-58(52)63-57)40-25-30-51-50-19-8-9-20-54(50)62(56(51)34-40)44-14-11-33-60-37-44;1-2-8-21(9-3-1)22-14-16-23(17-15-22)31-24-18-19-29-27-12-5-4-10-25(27)26-11-6-7-13-28(26)30(29)20-24;30-24-7-3-9-27-29(24)23-13-11-19(16-28(23)33-27)18-10-12-22-21-6-1-2-8-25(21)32(26(22)15-18)20-5-4-14-31-17-20/h1-37H;1-20,31H;1-17H. The molecule has 0 saturated carbocycles. The molecular weight excluding hydrogens is 1610 g/mol. The lowest BCUT2D eigenvalue weighted by Gasteiger charge is -2.27. The summed E-state index contributed by atoms with van der Waals surface area (Å²) in [7, 11) is 0. The monoisotopic (exact) mass is 1690 g/mol. The van der Waals surface area contributed by atoms with Gasteiger partial charge in [-0.3, -0.25) is 9.97 Å². The third-order valence-electron chi connectivity index (χ3n) is 25.2. The number of fused-ring (bicyclic) bond motifs is 24. The van der Waals surface area contributed by atoms with Crippen molar-refractivity contribution in [1.82, 2.24) is 19.1 Å². The van der Waals surface area contributed by atoms with Crippen molar-refractivity contribution in [3.8, 4) is 55.9 Å². The lowest BCUT2D eigenvalue weighted by Crippen LogP contribution is -2.10. The highest BCUT2D eigenvalue weighted by atomic mass is 79.9. The number of hydrogen-bond acceptors (Lipinski definition) is 6. The number of rotatable bonds is 11. The minimum atomic E-state index is 0.843. The Morgan fingerprint density at radius 1 is 0.228 bits per heavy atom. The first-order valence-electron chi connectivity index (χ1n) is 42.9. The molecule has 26 rings (SSSR count). The minimum absolute atomic E-state index is 0.843. The summed E-state index contributed by atoms with van der Waals surface area (Å²) in [6.07, 6.45) is 7.48. The van der Waals surface area contributed by atoms with E-state index in [-0.39, 0.29) is 0 Å². The predicted octanol–water partition coefficient (Wildman–Crippen LogP) is 33.4. The summed E-state index contributed by atoms with van der Waals surface area (Å²) >= 11 is 3.67. The zero-order valence-corrected chi connectivity index (χ0v) is 70.2. The summed E-state index contributed by atoms with van der Waals surface area (Å²) in [6, 6.07) is 152. The molecule has 0 aliphatic carbocycles. The van der Waals surface area contributed by atoms with Gasteiger partial charge in [0.1, 0.15) is 22.3 Å². The summed E-state index contributed by atoms with van der Waals surface area (Å²) in [6.45, 7) is 0. The quantitative estimate of drug-likeness (QED) is 0.130. The molecule has 0 unspecified atom stereocenters. The van der Waals surface area contributed by atoms with Gasteiger partial charge in [0.05, 0.1) is 56.9 Å². The Morgan fingerprint density at radius 2 is 0.583 bits per heavy atom. The first-order chi connectivity index (χ1) is 62.9. The maximum absolute atomic E-state index is 6.82. The van der Waals surface area contributed by atoms with Crippen LogP contribution >= 0.6 is 15.9 Å². The van der Waals surface area contributed by atoms with Crippen LogP contribution in [0.2, 0.25) is 0 Å². The van der Waals surface area contributed by atoms with E-state index in [0.717, 1.165) is 127 Å². The average molecular weight is 1690 g/mol. The first-order valence-corrected chi connectivity index (χ1v) is 43.7. The Morgan fingerprint density at radius 3 is 1.07 bits per heavy atom. The number of nitrogens with one attached hydrogen (secondary N) is 1. The lowest BCUT2D eigenvalue weighted by molar-refractivity contribution is 0.668. The van der Waals surface area contributed by atoms with Crippen LogP contribution in [0.25, 0.3) is 208 Å². The molecule has 127 heavy (non-hydrogen) atoms. The molecule has 0 spiro atoms. The van der Waals surface area contributed by atoms with Crippen molar-refractivity contribution in [2.45, 2.75) is 0 Å². The van der Waals surface area contributed by atoms with Crippen LogP contribution in [0.1, 0.15) is 0 Å². The molecule has 9 heteroatoms. The van der Waals surface area contributed by atoms with E-state index >= 15 is 0 Å². The number of anilines is 5. The normalized spacial score (nSPS) is 11.7. The van der Waals surface area contributed by atoms with Gasteiger partial charge >= 0.3 is 0 Å². The highest BCUT2D eigenvalue weighted by Crippen LogP contribution is 2.49. The van der Waals surface area contributed by atoms with Crippen molar-refractivity contribution in [3.63, 3.8) is 0 Å². The fourth-order valence-electron chi connectivity index (χ4n) is 19.4. The van der Waals surface area contributed by atoms with Crippen LogP contribution in [-0.2, 0) is 0 Å². The summed E-state index contributed by atoms with van der Waals surface area (Å²) in [5, 5.41) is 28.1. The van der Waals surface area contributed by atoms with Gasteiger partial charge in [-0.05, 0) is 255 Å². The Balaban J connectivity index is 0.000000118. The van der Waals surface area contributed by atoms with Crippen molar-refractivity contribution in [3.05, 3.63) is 454 Å². The fourth-order valence-corrected chi connectivity index (χ4v) is 19.9. The molecule has 0 fully saturated rings. The number of pyridine rings is 2. The second-order valence-corrected chi connectivity index (χ2v) is 33.3. The summed E-state index contributed by atoms with van der Waals surface area (Å²) in [4.78, 5) is 11.2. The number of nitrogens with zero attached hydrogens (tertiary/aromatic N) is 5. The zero-order valence-electron chi connectivity index (χ0n) is 68.7. The highest BCUT2D eigenvalue weighted by Gasteiger charge is 2.24. The van der Waals surface area contributed by atoms with E-state index in [9.17, 15) is 0 Å². The van der Waals surface area contributed by atoms with Gasteiger partial charge in [-0.15, -0.1) is 0 Å². The van der Waals surface area contributed by atoms with Crippen LogP contribution in [0.4, 0.5) is 28.4 Å². The molecule has 0 aliphatic heterocycles. The molecule has 26 aromatic rings. The van der Waals surface area contributed by atoms with E-state index < -0.39 is 0 Å². The largest absolute Gasteiger partial charge is 0.456 e. The van der Waals surface area contributed by atoms with Crippen molar-refractivity contribution in [1.29, 1.82) is 0 Å². The van der Waals surface area contributed by atoms with Gasteiger partial charge in [0.15, 0.2) is 0 Å². The molecule has 0 saturated heterocycles. The fraction of sp³-hybridized carbons (Fsp3) is 0. The Kier molecular flexibility index (Phi) is 18.2. The molecule has 0 radical (unpaired) electrons. The maximum Gasteiger partial charge on any atom is 0.137 e. The molecule has 0 aliphatic rings. The third-order valence-corrected chi connectivity index (χ3v) is 25.9. The first kappa shape index (κ1) is 74.4. The highest BCUT2D eigenvalue weighted by molar-refractivity contribution is 9.10. The smallest absolute Gasteiger partial charge is 0.137 e. The van der Waals surface area contributed by atoms with Crippen LogP contribution in [-0.4, -0.2) is 19.1 Å². The summed E-state index contributed by atoms with van der Waals surface area (Å²) in [5.74, 6) is 0. The van der Waals surface area contributed by atoms with E-state index in [0.29, 0.717) is 0 Å². The number of benzene rings is 20. The van der Waals surface area contributed by atoms with Gasteiger partial charge in [-0.25, -0.2) is 0 Å². The van der Waals surface area contributed by atoms with Crippen LogP contribution < -0.4 is 10.2 Å². The van der Waals surface area contributed by atoms with Gasteiger partial charge in [0, 0.05) is 77.3 Å². The van der Waals surface area contributed by atoms with Crippen LogP contribution in [0.5, 0.6) is 0 Å². The molecule has 6 heterocycles. The molecule has 0 bridgehead atoms. The third kappa shape index (κ3) is 13.1. The van der Waals surface area contributed by atoms with E-state index in [4.69, 9.17) is 8.83 Å². The number of hydrogen-bond donors (Lipinski definition) is 1. The summed E-state index contributed by atoms with van der Waals surface area (Å²) in [5.41, 5.74) is 24.9. The number of halogens is 1. The van der Waals surface area contributed by atoms with E-state index in [1.807, 2.05) is 55.1 Å². The summed E-state index contributed by atoms with van der Waals surface area (Å²) < 4.78 is 18.7. The molecular formula is C118H75BrN6O2. The molecule has 596 valence electrons. The van der Waals surface area contributed by atoms with Gasteiger partial charge < -0.3 is 28.2 Å². The van der Waals surface area contributed by atoms with Crippen molar-refractivity contribution >= 4 is 196 Å². The second-order valence-electron chi connectivity index (χ2n) is 32.5. The van der Waals surface area contributed by atoms with Crippen LogP contribution in [0.15, 0.2) is 463 Å². The number of aromatic nitrogens is 4. The predicted molar refractivity (Wildman–Crippen MR) is 537 cm³/mol. The molecule has 1 N–H and O–H groups in total. The average Bonchev–Trinajstić information content (AvgIpc) is 1.10. The van der Waals surface area contributed by atoms with Gasteiger partial charge in [0.2, 0.25) is 0 Å². The maximum atomic E-state index is 6.82. The van der Waals surface area contributed by atoms with Crippen molar-refractivity contribution < 1.29 is 8.83 Å². The number of furan rings is 2. The Bertz CT molecular complexity index is 8740. The lowest BCUT2D eigenvalue weighted by atomic mass is 9.94. The van der Waals surface area contributed by atoms with Crippen LogP contribution in [0.3, 0.4) is 0 Å². The van der Waals surface area contributed by atoms with E-state index in [1.54, 1.807) is 0 Å². The van der Waals surface area contributed by atoms with Gasteiger partial charge in [0.25, 0.3) is 0 Å². The number of para-hydroxylation sites is 2. The van der Waals surface area contributed by atoms with Gasteiger partial charge in [-0.2, -0.15) is 0 Å². The van der Waals surface area contributed by atoms with Crippen LogP contribution in [0, 0.1) is 0 Å². The Hall–Kier alpha value is -16.5. The minimum Gasteiger partial charge on any atom is -0.456 e. The SMILES string of the molecule is Brc1cccc2oc3cc(-c4ccc5c6ccccc6n(-c6cccnc6)c5c4)ccc3c12.c1ccc(-c2ccc(N(c3ccc4c5ccccc5c5ccccc5c4c3)c3cccc4oc5cc(-c6ccc7c8ccccc8n(-c8cccnc8)c7c6)ccc5c34)cc2)cc1.c1ccc(-c2ccc(Nc3ccc4c5ccccc5c5ccccc5c4c3)cc2)cc1. The van der Waals surface area contributed by atoms with Crippen molar-refractivity contribution in [2.75, 3.05) is 10.2 Å². The van der Waals surface area contributed by atoms with E-state index in [2.05, 4.69) is 440 Å². The van der Waals surface area contributed by atoms with E-state index in [1.165, 1.54) is 114 Å². The molecule has 8 nitrogen and oxygen atoms in total. The molecule has 6 aromatic heterocycles. The zero-order chi connectivity index (χ0) is 84.0. The molecule has 0 atom stereocenters. The molecule has 20 aromatic carbocycles. The van der Waals surface area contributed by atoms with Crippen molar-refractivity contribution in [2.24, 2.45) is 0 Å². The molecule has 0 amide bonds. The Labute approximate surface area is 739 Å².